The summed E-state index contributed by atoms with van der Waals surface area (Å²) in [7, 11) is 2.00. The molecule has 0 bridgehead atoms. The summed E-state index contributed by atoms with van der Waals surface area (Å²) < 4.78 is 11.5. The highest BCUT2D eigenvalue weighted by atomic mass is 32.1. The molecule has 7 aromatic rings. The quantitative estimate of drug-likeness (QED) is 0.181. The Labute approximate surface area is 259 Å². The SMILES string of the molecule is Cc1cc[nH]c1.Cc1ccc[nH]1.Cc1ccco1.Cc1cccs1.Cc1ccoc1.Cc1ccsc1.Cn1cccc1. The molecule has 0 aliphatic carbocycles. The van der Waals surface area contributed by atoms with E-state index in [4.69, 9.17) is 8.83 Å². The lowest BCUT2D eigenvalue weighted by Gasteiger charge is -1.79. The van der Waals surface area contributed by atoms with Crippen LogP contribution in [0.2, 0.25) is 0 Å². The number of rotatable bonds is 0. The largest absolute Gasteiger partial charge is 0.472 e. The van der Waals surface area contributed by atoms with Gasteiger partial charge in [0.05, 0.1) is 18.8 Å². The molecule has 0 amide bonds. The standard InChI is InChI=1S/3C5H7N.2C5H6O.2C5H6S/c1-5-2-3-6-4-5;1-6-4-2-3-5-6;1-5-3-2-4-6-5;1-5-2-3-6-4-5;1-5-3-2-4-6-5;1-5-2-3-6-4-5;1-5-3-2-4-6-5/h2-4,6H,1H3;2-5H,1H3;2-4,6H,1H3;4*2-4H,1H3. The highest BCUT2D eigenvalue weighted by Crippen LogP contribution is 2.04. The fourth-order valence-electron chi connectivity index (χ4n) is 2.63. The van der Waals surface area contributed by atoms with Crippen molar-refractivity contribution in [1.29, 1.82) is 0 Å². The predicted octanol–water partition coefficient (Wildman–Crippen LogP) is 11.0. The Bertz CT molecular complexity index is 1080. The van der Waals surface area contributed by atoms with E-state index in [1.165, 1.54) is 27.3 Å². The molecule has 0 aliphatic heterocycles. The molecular weight excluding hydrogens is 559 g/mol. The Morgan fingerprint density at radius 3 is 1.64 bits per heavy atom. The second-order valence-electron chi connectivity index (χ2n) is 9.14. The monoisotopic (exact) mass is 603 g/mol. The van der Waals surface area contributed by atoms with Crippen LogP contribution in [0.15, 0.2) is 141 Å². The average Bonchev–Trinajstić information content (AvgIpc) is 3.79. The summed E-state index contributed by atoms with van der Waals surface area (Å²) >= 11 is 3.52. The van der Waals surface area contributed by atoms with Crippen LogP contribution in [0.3, 0.4) is 0 Å². The summed E-state index contributed by atoms with van der Waals surface area (Å²) in [5, 5.41) is 6.28. The summed E-state index contributed by atoms with van der Waals surface area (Å²) in [4.78, 5) is 7.31. The predicted molar refractivity (Wildman–Crippen MR) is 181 cm³/mol. The first kappa shape index (κ1) is 35.8. The molecule has 0 radical (unpaired) electrons. The molecular formula is C35H45N3O2S2. The van der Waals surface area contributed by atoms with Crippen LogP contribution in [-0.2, 0) is 7.05 Å². The summed E-state index contributed by atoms with van der Waals surface area (Å²) in [6.45, 7) is 12.2. The lowest BCUT2D eigenvalue weighted by Crippen LogP contribution is -1.75. The Hall–Kier alpha value is -4.20. The third-order valence-electron chi connectivity index (χ3n) is 4.91. The van der Waals surface area contributed by atoms with Crippen LogP contribution < -0.4 is 0 Å². The fraction of sp³-hybridized carbons (Fsp3) is 0.200. The molecule has 0 saturated carbocycles. The van der Waals surface area contributed by atoms with Gasteiger partial charge in [0, 0.05) is 48.6 Å². The first-order chi connectivity index (χ1) is 20.3. The van der Waals surface area contributed by atoms with E-state index in [-0.39, 0.29) is 0 Å². The maximum Gasteiger partial charge on any atom is 0.100 e. The molecule has 2 N–H and O–H groups in total. The van der Waals surface area contributed by atoms with Crippen LogP contribution in [0.4, 0.5) is 0 Å². The van der Waals surface area contributed by atoms with Crippen LogP contribution in [0.1, 0.15) is 33.0 Å². The number of hydrogen-bond acceptors (Lipinski definition) is 4. The first-order valence-corrected chi connectivity index (χ1v) is 15.3. The van der Waals surface area contributed by atoms with Crippen LogP contribution in [0.5, 0.6) is 0 Å². The van der Waals surface area contributed by atoms with E-state index in [9.17, 15) is 0 Å². The summed E-state index contributed by atoms with van der Waals surface area (Å²) in [6, 6.07) is 22.0. The van der Waals surface area contributed by atoms with E-state index in [2.05, 4.69) is 65.1 Å². The first-order valence-electron chi connectivity index (χ1n) is 13.5. The number of thiophene rings is 2. The van der Waals surface area contributed by atoms with Crippen molar-refractivity contribution in [3.8, 4) is 0 Å². The van der Waals surface area contributed by atoms with Crippen molar-refractivity contribution >= 4 is 22.7 Å². The van der Waals surface area contributed by atoms with Crippen molar-refractivity contribution in [2.24, 2.45) is 7.05 Å². The van der Waals surface area contributed by atoms with Gasteiger partial charge in [-0.25, -0.2) is 0 Å². The molecule has 42 heavy (non-hydrogen) atoms. The van der Waals surface area contributed by atoms with E-state index < -0.39 is 0 Å². The molecule has 0 unspecified atom stereocenters. The van der Waals surface area contributed by atoms with Gasteiger partial charge in [-0.2, -0.15) is 11.3 Å². The third kappa shape index (κ3) is 21.6. The number of nitrogens with zero attached hydrogens (tertiary/aromatic N) is 1. The number of aryl methyl sites for hydroxylation is 7. The summed E-state index contributed by atoms with van der Waals surface area (Å²) in [5.41, 5.74) is 5.04. The number of furan rings is 2. The van der Waals surface area contributed by atoms with Crippen LogP contribution in [0.25, 0.3) is 0 Å². The molecule has 7 heteroatoms. The number of H-pyrrole nitrogens is 2. The summed E-state index contributed by atoms with van der Waals surface area (Å²) in [6.07, 6.45) is 14.8. The van der Waals surface area contributed by atoms with Crippen LogP contribution in [-0.4, -0.2) is 14.5 Å². The molecule has 0 fully saturated rings. The van der Waals surface area contributed by atoms with Crippen molar-refractivity contribution in [2.75, 3.05) is 0 Å². The topological polar surface area (TPSA) is 62.8 Å². The third-order valence-corrected chi connectivity index (χ3v) is 6.52. The van der Waals surface area contributed by atoms with Gasteiger partial charge in [-0.1, -0.05) is 6.07 Å². The van der Waals surface area contributed by atoms with Gasteiger partial charge >= 0.3 is 0 Å². The van der Waals surface area contributed by atoms with Gasteiger partial charge < -0.3 is 23.4 Å². The van der Waals surface area contributed by atoms with Crippen LogP contribution >= 0.6 is 22.7 Å². The van der Waals surface area contributed by atoms with Crippen molar-refractivity contribution < 1.29 is 8.83 Å². The zero-order valence-corrected chi connectivity index (χ0v) is 27.4. The second-order valence-corrected chi connectivity index (χ2v) is 11.1. The molecule has 5 nitrogen and oxygen atoms in total. The van der Waals surface area contributed by atoms with Crippen molar-refractivity contribution in [3.05, 3.63) is 166 Å². The van der Waals surface area contributed by atoms with E-state index in [0.29, 0.717) is 0 Å². The normalized spacial score (nSPS) is 8.83. The van der Waals surface area contributed by atoms with E-state index >= 15 is 0 Å². The highest BCUT2D eigenvalue weighted by Gasteiger charge is 1.77. The minimum absolute atomic E-state index is 0.968. The Morgan fingerprint density at radius 2 is 1.48 bits per heavy atom. The minimum atomic E-state index is 0.968. The Morgan fingerprint density at radius 1 is 0.690 bits per heavy atom. The molecule has 7 aromatic heterocycles. The molecule has 0 atom stereocenters. The molecule has 7 heterocycles. The van der Waals surface area contributed by atoms with Gasteiger partial charge in [-0.3, -0.25) is 0 Å². The molecule has 224 valence electrons. The van der Waals surface area contributed by atoms with Gasteiger partial charge in [-0.15, -0.1) is 11.3 Å². The van der Waals surface area contributed by atoms with E-state index in [1.807, 2.05) is 112 Å². The molecule has 0 spiro atoms. The number of hydrogen-bond donors (Lipinski definition) is 2. The van der Waals surface area contributed by atoms with Crippen molar-refractivity contribution in [1.82, 2.24) is 14.5 Å². The van der Waals surface area contributed by atoms with E-state index in [0.717, 1.165) is 5.76 Å². The Kier molecular flexibility index (Phi) is 20.0. The zero-order chi connectivity index (χ0) is 30.8. The molecule has 0 saturated heterocycles. The zero-order valence-electron chi connectivity index (χ0n) is 25.8. The number of aromatic amines is 2. The van der Waals surface area contributed by atoms with Gasteiger partial charge in [0.25, 0.3) is 0 Å². The molecule has 7 rings (SSSR count). The molecule has 0 aliphatic rings. The van der Waals surface area contributed by atoms with E-state index in [1.54, 1.807) is 41.5 Å². The second kappa shape index (κ2) is 23.5. The molecule has 0 aromatic carbocycles. The lowest BCUT2D eigenvalue weighted by atomic mass is 10.4. The van der Waals surface area contributed by atoms with Crippen molar-refractivity contribution in [2.45, 2.75) is 41.5 Å². The highest BCUT2D eigenvalue weighted by molar-refractivity contribution is 7.09. The number of aromatic nitrogens is 3. The number of nitrogens with one attached hydrogen (secondary N) is 2. The lowest BCUT2D eigenvalue weighted by molar-refractivity contribution is 0.534. The average molecular weight is 604 g/mol. The fourth-order valence-corrected chi connectivity index (χ4v) is 3.83. The van der Waals surface area contributed by atoms with Gasteiger partial charge in [0.2, 0.25) is 0 Å². The minimum Gasteiger partial charge on any atom is -0.472 e. The summed E-state index contributed by atoms with van der Waals surface area (Å²) in [5.74, 6) is 0.968. The smallest absolute Gasteiger partial charge is 0.100 e. The van der Waals surface area contributed by atoms with Gasteiger partial charge in [-0.05, 0) is 135 Å². The van der Waals surface area contributed by atoms with Gasteiger partial charge in [0.1, 0.15) is 5.76 Å². The van der Waals surface area contributed by atoms with Crippen molar-refractivity contribution in [3.63, 3.8) is 0 Å². The maximum atomic E-state index is 4.83. The van der Waals surface area contributed by atoms with Gasteiger partial charge in [0.15, 0.2) is 0 Å². The Balaban J connectivity index is 0.000000245. The van der Waals surface area contributed by atoms with Crippen LogP contribution in [0, 0.1) is 41.5 Å². The maximum absolute atomic E-state index is 4.83.